The van der Waals surface area contributed by atoms with Crippen LogP contribution in [0.1, 0.15) is 56.9 Å². The maximum atomic E-state index is 13.0. The molecule has 0 aromatic heterocycles. The number of nitrogens with one attached hydrogen (secondary N) is 1. The molecular formula is C17H24FNO2. The van der Waals surface area contributed by atoms with E-state index in [1.165, 1.54) is 12.1 Å². The second kappa shape index (κ2) is 7.55. The van der Waals surface area contributed by atoms with Crippen molar-refractivity contribution >= 4 is 5.97 Å². The number of unbranched alkanes of at least 4 members (excludes halogenated alkanes) is 1. The maximum Gasteiger partial charge on any atom is 0.320 e. The van der Waals surface area contributed by atoms with Gasteiger partial charge in [0.2, 0.25) is 0 Å². The van der Waals surface area contributed by atoms with Gasteiger partial charge in [0, 0.05) is 6.04 Å². The lowest BCUT2D eigenvalue weighted by atomic mass is 9.97. The fourth-order valence-corrected chi connectivity index (χ4v) is 3.14. The standard InChI is InChI=1S/C17H24FNO2/c1-2-3-4-16(17(20)21)19-15-10-7-13(11-15)12-5-8-14(18)9-6-12/h5-6,8-9,13,15-16,19H,2-4,7,10-11H2,1H3,(H,20,21). The number of halogens is 1. The van der Waals surface area contributed by atoms with E-state index in [2.05, 4.69) is 12.2 Å². The molecule has 2 N–H and O–H groups in total. The molecule has 1 saturated carbocycles. The molecule has 1 aliphatic carbocycles. The molecule has 3 atom stereocenters. The quantitative estimate of drug-likeness (QED) is 0.806. The first-order valence-electron chi connectivity index (χ1n) is 7.84. The molecule has 0 amide bonds. The Hall–Kier alpha value is -1.42. The summed E-state index contributed by atoms with van der Waals surface area (Å²) < 4.78 is 13.0. The number of aliphatic carboxylic acids is 1. The molecule has 116 valence electrons. The van der Waals surface area contributed by atoms with Crippen molar-refractivity contribution in [3.63, 3.8) is 0 Å². The van der Waals surface area contributed by atoms with E-state index >= 15 is 0 Å². The van der Waals surface area contributed by atoms with Crippen LogP contribution < -0.4 is 5.32 Å². The molecular weight excluding hydrogens is 269 g/mol. The summed E-state index contributed by atoms with van der Waals surface area (Å²) in [6.45, 7) is 2.07. The zero-order valence-electron chi connectivity index (χ0n) is 12.5. The van der Waals surface area contributed by atoms with Crippen molar-refractivity contribution in [1.29, 1.82) is 0 Å². The van der Waals surface area contributed by atoms with Crippen molar-refractivity contribution in [1.82, 2.24) is 5.32 Å². The van der Waals surface area contributed by atoms with E-state index < -0.39 is 12.0 Å². The van der Waals surface area contributed by atoms with Gasteiger partial charge in [-0.3, -0.25) is 4.79 Å². The van der Waals surface area contributed by atoms with Crippen molar-refractivity contribution in [2.45, 2.75) is 63.5 Å². The first-order chi connectivity index (χ1) is 10.1. The molecule has 0 saturated heterocycles. The van der Waals surface area contributed by atoms with E-state index in [0.717, 1.165) is 37.7 Å². The molecule has 21 heavy (non-hydrogen) atoms. The first-order valence-corrected chi connectivity index (χ1v) is 7.84. The molecule has 1 aromatic carbocycles. The van der Waals surface area contributed by atoms with Gasteiger partial charge in [0.15, 0.2) is 0 Å². The first kappa shape index (κ1) is 16.0. The van der Waals surface area contributed by atoms with Crippen LogP contribution in [0.3, 0.4) is 0 Å². The summed E-state index contributed by atoms with van der Waals surface area (Å²) in [5, 5.41) is 12.6. The van der Waals surface area contributed by atoms with Crippen LogP contribution in [0.25, 0.3) is 0 Å². The van der Waals surface area contributed by atoms with Gasteiger partial charge in [0.05, 0.1) is 0 Å². The third kappa shape index (κ3) is 4.53. The average Bonchev–Trinajstić information content (AvgIpc) is 2.92. The number of hydrogen-bond donors (Lipinski definition) is 2. The summed E-state index contributed by atoms with van der Waals surface area (Å²) in [5.41, 5.74) is 1.15. The van der Waals surface area contributed by atoms with Gasteiger partial charge in [0.25, 0.3) is 0 Å². The number of carboxylic acids is 1. The van der Waals surface area contributed by atoms with Gasteiger partial charge >= 0.3 is 5.97 Å². The molecule has 0 radical (unpaired) electrons. The second-order valence-corrected chi connectivity index (χ2v) is 5.96. The molecule has 1 aliphatic rings. The van der Waals surface area contributed by atoms with E-state index in [9.17, 15) is 14.3 Å². The SMILES string of the molecule is CCCCC(NC1CCC(c2ccc(F)cc2)C1)C(=O)O. The number of carboxylic acid groups (broad SMARTS) is 1. The second-order valence-electron chi connectivity index (χ2n) is 5.96. The zero-order chi connectivity index (χ0) is 15.2. The largest absolute Gasteiger partial charge is 0.480 e. The van der Waals surface area contributed by atoms with Crippen molar-refractivity contribution in [2.75, 3.05) is 0 Å². The fourth-order valence-electron chi connectivity index (χ4n) is 3.14. The smallest absolute Gasteiger partial charge is 0.320 e. The number of carbonyl (C=O) groups is 1. The average molecular weight is 293 g/mol. The number of benzene rings is 1. The molecule has 0 aliphatic heterocycles. The Bertz CT molecular complexity index is 460. The van der Waals surface area contributed by atoms with Crippen LogP contribution >= 0.6 is 0 Å². The Kier molecular flexibility index (Phi) is 5.74. The molecule has 3 nitrogen and oxygen atoms in total. The highest BCUT2D eigenvalue weighted by atomic mass is 19.1. The summed E-state index contributed by atoms with van der Waals surface area (Å²) in [6, 6.07) is 6.48. The Morgan fingerprint density at radius 2 is 2.10 bits per heavy atom. The molecule has 0 spiro atoms. The molecule has 1 fully saturated rings. The van der Waals surface area contributed by atoms with Gasteiger partial charge in [-0.2, -0.15) is 0 Å². The minimum atomic E-state index is -0.756. The highest BCUT2D eigenvalue weighted by Gasteiger charge is 2.29. The summed E-state index contributed by atoms with van der Waals surface area (Å²) >= 11 is 0. The van der Waals surface area contributed by atoms with Crippen molar-refractivity contribution in [3.05, 3.63) is 35.6 Å². The van der Waals surface area contributed by atoms with Crippen molar-refractivity contribution in [3.8, 4) is 0 Å². The Morgan fingerprint density at radius 3 is 2.71 bits per heavy atom. The van der Waals surface area contributed by atoms with Crippen LogP contribution in [-0.2, 0) is 4.79 Å². The lowest BCUT2D eigenvalue weighted by molar-refractivity contribution is -0.139. The molecule has 2 rings (SSSR count). The lowest BCUT2D eigenvalue weighted by Crippen LogP contribution is -2.42. The van der Waals surface area contributed by atoms with Gasteiger partial charge in [-0.15, -0.1) is 0 Å². The van der Waals surface area contributed by atoms with Crippen LogP contribution in [0.5, 0.6) is 0 Å². The van der Waals surface area contributed by atoms with Gasteiger partial charge in [-0.1, -0.05) is 31.9 Å². The van der Waals surface area contributed by atoms with Crippen molar-refractivity contribution < 1.29 is 14.3 Å². The molecule has 1 aromatic rings. The van der Waals surface area contributed by atoms with Crippen molar-refractivity contribution in [2.24, 2.45) is 0 Å². The van der Waals surface area contributed by atoms with Gasteiger partial charge < -0.3 is 10.4 Å². The summed E-state index contributed by atoms with van der Waals surface area (Å²) in [5.74, 6) is -0.561. The summed E-state index contributed by atoms with van der Waals surface area (Å²) in [7, 11) is 0. The molecule has 3 unspecified atom stereocenters. The normalized spacial score (nSPS) is 23.1. The zero-order valence-corrected chi connectivity index (χ0v) is 12.5. The minimum absolute atomic E-state index is 0.211. The Balaban J connectivity index is 1.89. The Morgan fingerprint density at radius 1 is 1.38 bits per heavy atom. The topological polar surface area (TPSA) is 49.3 Å². The summed E-state index contributed by atoms with van der Waals surface area (Å²) in [6.07, 6.45) is 5.57. The van der Waals surface area contributed by atoms with Gasteiger partial charge in [0.1, 0.15) is 11.9 Å². The third-order valence-electron chi connectivity index (χ3n) is 4.36. The minimum Gasteiger partial charge on any atom is -0.480 e. The van der Waals surface area contributed by atoms with Crippen LogP contribution in [0.15, 0.2) is 24.3 Å². The van der Waals surface area contributed by atoms with E-state index in [-0.39, 0.29) is 11.9 Å². The van der Waals surface area contributed by atoms with Gasteiger partial charge in [-0.05, 0) is 49.3 Å². The molecule has 0 heterocycles. The van der Waals surface area contributed by atoms with E-state index in [1.54, 1.807) is 0 Å². The van der Waals surface area contributed by atoms with Gasteiger partial charge in [-0.25, -0.2) is 4.39 Å². The monoisotopic (exact) mass is 293 g/mol. The van der Waals surface area contributed by atoms with Crippen LogP contribution in [0, 0.1) is 5.82 Å². The Labute approximate surface area is 125 Å². The number of rotatable bonds is 7. The lowest BCUT2D eigenvalue weighted by Gasteiger charge is -2.20. The highest BCUT2D eigenvalue weighted by Crippen LogP contribution is 2.34. The maximum absolute atomic E-state index is 13.0. The molecule has 0 bridgehead atoms. The number of hydrogen-bond acceptors (Lipinski definition) is 2. The summed E-state index contributed by atoms with van der Waals surface area (Å²) in [4.78, 5) is 11.3. The van der Waals surface area contributed by atoms with Crippen LogP contribution in [0.2, 0.25) is 0 Å². The predicted molar refractivity (Wildman–Crippen MR) is 80.9 cm³/mol. The fraction of sp³-hybridized carbons (Fsp3) is 0.588. The molecule has 4 heteroatoms. The third-order valence-corrected chi connectivity index (χ3v) is 4.36. The van der Waals surface area contributed by atoms with E-state index in [4.69, 9.17) is 0 Å². The highest BCUT2D eigenvalue weighted by molar-refractivity contribution is 5.73. The predicted octanol–water partition coefficient (Wildman–Crippen LogP) is 3.69. The van der Waals surface area contributed by atoms with Crippen LogP contribution in [-0.4, -0.2) is 23.2 Å². The van der Waals surface area contributed by atoms with E-state index in [0.29, 0.717) is 12.3 Å². The van der Waals surface area contributed by atoms with Crippen LogP contribution in [0.4, 0.5) is 4.39 Å². The van der Waals surface area contributed by atoms with E-state index in [1.807, 2.05) is 12.1 Å².